The molecule has 21 heavy (non-hydrogen) atoms. The lowest BCUT2D eigenvalue weighted by atomic mass is 10.1. The summed E-state index contributed by atoms with van der Waals surface area (Å²) in [4.78, 5) is 16.6. The summed E-state index contributed by atoms with van der Waals surface area (Å²) in [5.41, 5.74) is 2.39. The Labute approximate surface area is 130 Å². The van der Waals surface area contributed by atoms with Crippen molar-refractivity contribution in [2.24, 2.45) is 0 Å². The van der Waals surface area contributed by atoms with Crippen LogP contribution in [0.3, 0.4) is 0 Å². The second-order valence-corrected chi connectivity index (χ2v) is 6.18. The Bertz CT molecular complexity index is 521. The predicted octanol–water partition coefficient (Wildman–Crippen LogP) is 2.48. The third-order valence-corrected chi connectivity index (χ3v) is 4.53. The number of nitrogens with zero attached hydrogens (tertiary/aromatic N) is 2. The maximum absolute atomic E-state index is 12.3. The highest BCUT2D eigenvalue weighted by molar-refractivity contribution is 6.30. The van der Waals surface area contributed by atoms with Gasteiger partial charge >= 0.3 is 0 Å². The quantitative estimate of drug-likeness (QED) is 0.841. The van der Waals surface area contributed by atoms with Crippen LogP contribution in [0.25, 0.3) is 0 Å². The van der Waals surface area contributed by atoms with Crippen LogP contribution in [0.2, 0.25) is 5.02 Å². The van der Waals surface area contributed by atoms with Gasteiger partial charge in [0.05, 0.1) is 0 Å². The zero-order valence-electron chi connectivity index (χ0n) is 12.3. The molecule has 0 radical (unpaired) electrons. The number of halogens is 1. The Morgan fingerprint density at radius 1 is 1.29 bits per heavy atom. The van der Waals surface area contributed by atoms with Gasteiger partial charge in [0.1, 0.15) is 6.10 Å². The Morgan fingerprint density at radius 3 is 2.67 bits per heavy atom. The molecule has 2 aliphatic heterocycles. The number of hydrogen-bond acceptors (Lipinski definition) is 3. The predicted molar refractivity (Wildman–Crippen MR) is 84.0 cm³/mol. The summed E-state index contributed by atoms with van der Waals surface area (Å²) in [5, 5.41) is 0.767. The van der Waals surface area contributed by atoms with Crippen LogP contribution < -0.4 is 4.90 Å². The topological polar surface area (TPSA) is 32.8 Å². The van der Waals surface area contributed by atoms with Crippen LogP contribution in [0, 0.1) is 6.92 Å². The fourth-order valence-corrected chi connectivity index (χ4v) is 3.34. The molecule has 4 nitrogen and oxygen atoms in total. The minimum absolute atomic E-state index is 0.167. The Kier molecular flexibility index (Phi) is 4.36. The molecule has 0 aromatic heterocycles. The third-order valence-electron chi connectivity index (χ3n) is 4.30. The van der Waals surface area contributed by atoms with Crippen molar-refractivity contribution >= 4 is 23.2 Å². The average molecular weight is 309 g/mol. The minimum atomic E-state index is -0.200. The van der Waals surface area contributed by atoms with Crippen molar-refractivity contribution < 1.29 is 9.53 Å². The first kappa shape index (κ1) is 14.7. The third kappa shape index (κ3) is 3.16. The summed E-state index contributed by atoms with van der Waals surface area (Å²) >= 11 is 6.01. The molecule has 0 aliphatic carbocycles. The van der Waals surface area contributed by atoms with Crippen molar-refractivity contribution in [2.75, 3.05) is 37.7 Å². The standard InChI is InChI=1S/C16H21ClN2O2/c1-12-11-13(17)4-5-14(12)18-6-8-19(9-7-18)16(20)15-3-2-10-21-15/h4-5,11,15H,2-3,6-10H2,1H3. The number of anilines is 1. The maximum atomic E-state index is 12.3. The van der Waals surface area contributed by atoms with Gasteiger partial charge in [0.25, 0.3) is 5.91 Å². The van der Waals surface area contributed by atoms with E-state index in [0.29, 0.717) is 0 Å². The minimum Gasteiger partial charge on any atom is -0.368 e. The Balaban J connectivity index is 1.60. The van der Waals surface area contributed by atoms with Crippen LogP contribution in [0.4, 0.5) is 5.69 Å². The van der Waals surface area contributed by atoms with Gasteiger partial charge in [-0.2, -0.15) is 0 Å². The van der Waals surface area contributed by atoms with E-state index in [1.54, 1.807) is 0 Å². The number of carbonyl (C=O) groups is 1. The number of amides is 1. The van der Waals surface area contributed by atoms with Crippen molar-refractivity contribution in [1.82, 2.24) is 4.90 Å². The molecule has 1 aromatic carbocycles. The molecule has 1 unspecified atom stereocenters. The number of hydrogen-bond donors (Lipinski definition) is 0. The van der Waals surface area contributed by atoms with Gasteiger partial charge in [-0.1, -0.05) is 11.6 Å². The van der Waals surface area contributed by atoms with Gasteiger partial charge in [0.2, 0.25) is 0 Å². The van der Waals surface area contributed by atoms with Crippen molar-refractivity contribution in [1.29, 1.82) is 0 Å². The molecular formula is C16H21ClN2O2. The SMILES string of the molecule is Cc1cc(Cl)ccc1N1CCN(C(=O)C2CCCO2)CC1. The zero-order chi connectivity index (χ0) is 14.8. The average Bonchev–Trinajstić information content (AvgIpc) is 3.01. The van der Waals surface area contributed by atoms with E-state index in [9.17, 15) is 4.79 Å². The normalized spacial score (nSPS) is 22.7. The van der Waals surface area contributed by atoms with Crippen LogP contribution in [0.1, 0.15) is 18.4 Å². The number of benzene rings is 1. The van der Waals surface area contributed by atoms with E-state index >= 15 is 0 Å². The van der Waals surface area contributed by atoms with Gasteiger partial charge < -0.3 is 14.5 Å². The summed E-state index contributed by atoms with van der Waals surface area (Å²) in [7, 11) is 0. The van der Waals surface area contributed by atoms with E-state index in [4.69, 9.17) is 16.3 Å². The molecule has 2 fully saturated rings. The number of carbonyl (C=O) groups excluding carboxylic acids is 1. The molecule has 1 atom stereocenters. The van der Waals surface area contributed by atoms with Crippen molar-refractivity contribution in [3.05, 3.63) is 28.8 Å². The highest BCUT2D eigenvalue weighted by Gasteiger charge is 2.30. The lowest BCUT2D eigenvalue weighted by Gasteiger charge is -2.37. The molecule has 114 valence electrons. The van der Waals surface area contributed by atoms with Gasteiger partial charge in [0.15, 0.2) is 0 Å². The van der Waals surface area contributed by atoms with Gasteiger partial charge in [0, 0.05) is 43.5 Å². The number of piperazine rings is 1. The lowest BCUT2D eigenvalue weighted by Crippen LogP contribution is -2.51. The summed E-state index contributed by atoms with van der Waals surface area (Å²) in [6.07, 6.45) is 1.67. The molecule has 0 N–H and O–H groups in total. The smallest absolute Gasteiger partial charge is 0.251 e. The van der Waals surface area contributed by atoms with Gasteiger partial charge in [-0.3, -0.25) is 4.79 Å². The van der Waals surface area contributed by atoms with Gasteiger partial charge in [-0.05, 0) is 43.5 Å². The van der Waals surface area contributed by atoms with Gasteiger partial charge in [-0.15, -0.1) is 0 Å². The summed E-state index contributed by atoms with van der Waals surface area (Å²) in [6, 6.07) is 5.98. The lowest BCUT2D eigenvalue weighted by molar-refractivity contribution is -0.141. The second-order valence-electron chi connectivity index (χ2n) is 5.74. The highest BCUT2D eigenvalue weighted by atomic mass is 35.5. The first-order valence-corrected chi connectivity index (χ1v) is 7.94. The number of rotatable bonds is 2. The maximum Gasteiger partial charge on any atom is 0.251 e. The van der Waals surface area contributed by atoms with Crippen LogP contribution in [0.15, 0.2) is 18.2 Å². The zero-order valence-corrected chi connectivity index (χ0v) is 13.1. The molecule has 0 spiro atoms. The summed E-state index contributed by atoms with van der Waals surface area (Å²) < 4.78 is 5.49. The van der Waals surface area contributed by atoms with E-state index < -0.39 is 0 Å². The fourth-order valence-electron chi connectivity index (χ4n) is 3.12. The molecule has 2 saturated heterocycles. The molecule has 1 aromatic rings. The van der Waals surface area contributed by atoms with Crippen LogP contribution in [-0.4, -0.2) is 49.7 Å². The molecule has 2 heterocycles. The van der Waals surface area contributed by atoms with Crippen molar-refractivity contribution in [2.45, 2.75) is 25.9 Å². The Morgan fingerprint density at radius 2 is 2.05 bits per heavy atom. The molecule has 5 heteroatoms. The molecular weight excluding hydrogens is 288 g/mol. The van der Waals surface area contributed by atoms with E-state index in [2.05, 4.69) is 17.9 Å². The Hall–Kier alpha value is -1.26. The van der Waals surface area contributed by atoms with E-state index in [1.165, 1.54) is 11.3 Å². The number of aryl methyl sites for hydroxylation is 1. The molecule has 2 aliphatic rings. The summed E-state index contributed by atoms with van der Waals surface area (Å²) in [6.45, 7) is 6.05. The van der Waals surface area contributed by atoms with Crippen LogP contribution in [0.5, 0.6) is 0 Å². The summed E-state index contributed by atoms with van der Waals surface area (Å²) in [5.74, 6) is 0.167. The van der Waals surface area contributed by atoms with E-state index in [0.717, 1.165) is 50.7 Å². The van der Waals surface area contributed by atoms with E-state index in [-0.39, 0.29) is 12.0 Å². The second kappa shape index (κ2) is 6.24. The first-order valence-electron chi connectivity index (χ1n) is 7.56. The number of ether oxygens (including phenoxy) is 1. The largest absolute Gasteiger partial charge is 0.368 e. The van der Waals surface area contributed by atoms with E-state index in [1.807, 2.05) is 17.0 Å². The molecule has 0 saturated carbocycles. The molecule has 3 rings (SSSR count). The van der Waals surface area contributed by atoms with Crippen LogP contribution in [-0.2, 0) is 9.53 Å². The van der Waals surface area contributed by atoms with Crippen molar-refractivity contribution in [3.8, 4) is 0 Å². The monoisotopic (exact) mass is 308 g/mol. The van der Waals surface area contributed by atoms with Crippen LogP contribution >= 0.6 is 11.6 Å². The highest BCUT2D eigenvalue weighted by Crippen LogP contribution is 2.25. The molecule has 1 amide bonds. The fraction of sp³-hybridized carbons (Fsp3) is 0.562. The van der Waals surface area contributed by atoms with Gasteiger partial charge in [-0.25, -0.2) is 0 Å². The first-order chi connectivity index (χ1) is 10.1. The van der Waals surface area contributed by atoms with Crippen molar-refractivity contribution in [3.63, 3.8) is 0 Å². The molecule has 0 bridgehead atoms.